The molecule has 1 atom stereocenters. The molecule has 3 aromatic rings. The summed E-state index contributed by atoms with van der Waals surface area (Å²) in [6, 6.07) is 13.8. The first-order valence-corrected chi connectivity index (χ1v) is 12.8. The summed E-state index contributed by atoms with van der Waals surface area (Å²) in [5.74, 6) is -1.29. The molecule has 2 aromatic carbocycles. The van der Waals surface area contributed by atoms with Crippen molar-refractivity contribution in [2.24, 2.45) is 11.7 Å². The first-order valence-electron chi connectivity index (χ1n) is 12.0. The monoisotopic (exact) mass is 522 g/mol. The Hall–Kier alpha value is -3.92. The minimum absolute atomic E-state index is 0.0435. The van der Waals surface area contributed by atoms with Crippen molar-refractivity contribution < 1.29 is 14.4 Å². The lowest BCUT2D eigenvalue weighted by atomic mass is 10.0. The number of carbonyl (C=O) groups is 3. The number of nitrogens with one attached hydrogen (secondary N) is 1. The van der Waals surface area contributed by atoms with Gasteiger partial charge in [0.1, 0.15) is 10.9 Å². The highest BCUT2D eigenvalue weighted by Crippen LogP contribution is 2.35. The Labute approximate surface area is 221 Å². The summed E-state index contributed by atoms with van der Waals surface area (Å²) in [5, 5.41) is 3.00. The number of rotatable bonds is 10. The van der Waals surface area contributed by atoms with Crippen LogP contribution in [0.25, 0.3) is 0 Å². The van der Waals surface area contributed by atoms with E-state index >= 15 is 0 Å². The van der Waals surface area contributed by atoms with Crippen LogP contribution in [0, 0.1) is 12.8 Å². The minimum atomic E-state index is -1.00. The Morgan fingerprint density at radius 3 is 2.24 bits per heavy atom. The lowest BCUT2D eigenvalue weighted by Gasteiger charge is -2.32. The maximum atomic E-state index is 14.1. The largest absolute Gasteiger partial charge is 0.395 e. The summed E-state index contributed by atoms with van der Waals surface area (Å²) >= 11 is 0.788. The number of para-hydroxylation sites is 1. The molecule has 0 unspecified atom stereocenters. The van der Waals surface area contributed by atoms with E-state index in [2.05, 4.69) is 23.5 Å². The summed E-state index contributed by atoms with van der Waals surface area (Å²) in [7, 11) is 3.86. The Bertz CT molecular complexity index is 1270. The van der Waals surface area contributed by atoms with Crippen molar-refractivity contribution in [3.8, 4) is 0 Å². The average molecular weight is 523 g/mol. The minimum Gasteiger partial charge on any atom is -0.395 e. The zero-order valence-electron chi connectivity index (χ0n) is 21.8. The van der Waals surface area contributed by atoms with Crippen molar-refractivity contribution in [2.75, 3.05) is 36.2 Å². The zero-order valence-corrected chi connectivity index (χ0v) is 22.6. The van der Waals surface area contributed by atoms with Gasteiger partial charge in [-0.3, -0.25) is 19.3 Å². The number of hydrogen-bond acceptors (Lipinski definition) is 7. The number of aryl methyl sites for hydroxylation is 1. The van der Waals surface area contributed by atoms with Gasteiger partial charge in [-0.2, -0.15) is 4.37 Å². The Kier molecular flexibility index (Phi) is 8.88. The number of nitrogens with zero attached hydrogens (tertiary/aromatic N) is 3. The second-order valence-electron chi connectivity index (χ2n) is 9.46. The van der Waals surface area contributed by atoms with Gasteiger partial charge in [0.15, 0.2) is 5.69 Å². The molecule has 3 rings (SSSR count). The molecule has 0 saturated heterocycles. The summed E-state index contributed by atoms with van der Waals surface area (Å²) in [6.07, 6.45) is 0.792. The number of anilines is 3. The van der Waals surface area contributed by atoms with E-state index in [1.165, 1.54) is 4.90 Å². The van der Waals surface area contributed by atoms with Crippen molar-refractivity contribution in [2.45, 2.75) is 33.2 Å². The lowest BCUT2D eigenvalue weighted by molar-refractivity contribution is -0.122. The summed E-state index contributed by atoms with van der Waals surface area (Å²) in [6.45, 7) is 6.49. The maximum absolute atomic E-state index is 14.1. The van der Waals surface area contributed by atoms with Gasteiger partial charge in [0.05, 0.1) is 5.69 Å². The quantitative estimate of drug-likeness (QED) is 0.371. The molecule has 0 bridgehead atoms. The molecule has 0 fully saturated rings. The second kappa shape index (κ2) is 11.9. The van der Waals surface area contributed by atoms with Crippen LogP contribution < -0.4 is 26.6 Å². The number of nitrogen functional groups attached to an aromatic ring is 1. The number of aromatic nitrogens is 1. The number of carbonyl (C=O) groups excluding carboxylic acids is 3. The molecule has 5 N–H and O–H groups in total. The number of nitrogens with two attached hydrogens (primary N) is 2. The van der Waals surface area contributed by atoms with Crippen LogP contribution in [0.1, 0.15) is 57.6 Å². The molecular weight excluding hydrogens is 488 g/mol. The van der Waals surface area contributed by atoms with E-state index in [9.17, 15) is 14.4 Å². The van der Waals surface area contributed by atoms with E-state index in [0.29, 0.717) is 23.7 Å². The molecule has 0 aliphatic heterocycles. The molecule has 10 heteroatoms. The van der Waals surface area contributed by atoms with Crippen molar-refractivity contribution >= 4 is 46.3 Å². The molecule has 0 radical (unpaired) electrons. The molecule has 0 aliphatic rings. The topological polar surface area (TPSA) is 135 Å². The van der Waals surface area contributed by atoms with E-state index in [0.717, 1.165) is 29.2 Å². The van der Waals surface area contributed by atoms with Crippen LogP contribution in [0.3, 0.4) is 0 Å². The fraction of sp³-hybridized carbons (Fsp3) is 0.333. The molecule has 3 amide bonds. The van der Waals surface area contributed by atoms with Crippen LogP contribution in [-0.4, -0.2) is 42.7 Å². The molecule has 0 aliphatic carbocycles. The van der Waals surface area contributed by atoms with Gasteiger partial charge in [-0.05, 0) is 60.1 Å². The third-order valence-corrected chi connectivity index (χ3v) is 6.85. The van der Waals surface area contributed by atoms with Crippen LogP contribution in [0.4, 0.5) is 17.1 Å². The van der Waals surface area contributed by atoms with Gasteiger partial charge in [-0.1, -0.05) is 44.2 Å². The molecule has 0 saturated carbocycles. The third-order valence-electron chi connectivity index (χ3n) is 6.00. The maximum Gasteiger partial charge on any atom is 0.273 e. The standard InChI is InChI=1S/C27H34N6O3S/c1-16(2)14-15-30-26(35)23(18-10-12-19(13-11-18)32(4)5)33(20-9-7-6-8-17(20)3)27(36)24-21(28)22(25(29)34)31-37-24/h6-13,16,23H,14-15,28H2,1-5H3,(H2,29,34)(H,30,35)/t23-/m0/s1. The van der Waals surface area contributed by atoms with Crippen molar-refractivity contribution in [3.05, 3.63) is 70.2 Å². The smallest absolute Gasteiger partial charge is 0.273 e. The van der Waals surface area contributed by atoms with Gasteiger partial charge >= 0.3 is 0 Å². The first-order chi connectivity index (χ1) is 17.5. The zero-order chi connectivity index (χ0) is 27.3. The van der Waals surface area contributed by atoms with Gasteiger partial charge in [-0.15, -0.1) is 0 Å². The number of primary amides is 1. The molecule has 9 nitrogen and oxygen atoms in total. The fourth-order valence-corrected chi connectivity index (χ4v) is 4.63. The average Bonchev–Trinajstić information content (AvgIpc) is 3.24. The van der Waals surface area contributed by atoms with Gasteiger partial charge in [-0.25, -0.2) is 0 Å². The predicted octanol–water partition coefficient (Wildman–Crippen LogP) is 3.75. The predicted molar refractivity (Wildman–Crippen MR) is 149 cm³/mol. The number of amides is 3. The van der Waals surface area contributed by atoms with Gasteiger partial charge in [0.2, 0.25) is 5.91 Å². The fourth-order valence-electron chi connectivity index (χ4n) is 3.89. The molecule has 37 heavy (non-hydrogen) atoms. The van der Waals surface area contributed by atoms with Crippen LogP contribution in [0.15, 0.2) is 48.5 Å². The van der Waals surface area contributed by atoms with Gasteiger partial charge in [0, 0.05) is 32.0 Å². The molecular formula is C27H34N6O3S. The third kappa shape index (κ3) is 6.26. The van der Waals surface area contributed by atoms with E-state index in [1.54, 1.807) is 12.1 Å². The highest BCUT2D eigenvalue weighted by atomic mass is 32.1. The van der Waals surface area contributed by atoms with E-state index in [4.69, 9.17) is 11.5 Å². The Balaban J connectivity index is 2.18. The van der Waals surface area contributed by atoms with Crippen molar-refractivity contribution in [3.63, 3.8) is 0 Å². The van der Waals surface area contributed by atoms with E-state index < -0.39 is 17.9 Å². The van der Waals surface area contributed by atoms with Crippen LogP contribution in [0.2, 0.25) is 0 Å². The van der Waals surface area contributed by atoms with E-state index in [1.807, 2.05) is 62.3 Å². The number of benzene rings is 2. The van der Waals surface area contributed by atoms with E-state index in [-0.39, 0.29) is 22.2 Å². The highest BCUT2D eigenvalue weighted by molar-refractivity contribution is 7.09. The van der Waals surface area contributed by atoms with Gasteiger partial charge in [0.25, 0.3) is 11.8 Å². The van der Waals surface area contributed by atoms with Crippen LogP contribution in [-0.2, 0) is 4.79 Å². The SMILES string of the molecule is Cc1ccccc1N(C(=O)c1snc(C(N)=O)c1N)[C@H](C(=O)NCCC(C)C)c1ccc(N(C)C)cc1. The Morgan fingerprint density at radius 2 is 1.70 bits per heavy atom. The molecule has 0 spiro atoms. The van der Waals surface area contributed by atoms with Crippen molar-refractivity contribution in [1.29, 1.82) is 0 Å². The van der Waals surface area contributed by atoms with Crippen LogP contribution in [0.5, 0.6) is 0 Å². The van der Waals surface area contributed by atoms with Crippen molar-refractivity contribution in [1.82, 2.24) is 9.69 Å². The molecule has 1 aromatic heterocycles. The first kappa shape index (κ1) is 27.7. The normalized spacial score (nSPS) is 11.7. The Morgan fingerprint density at radius 1 is 1.05 bits per heavy atom. The van der Waals surface area contributed by atoms with Crippen LogP contribution >= 0.6 is 11.5 Å². The molecule has 1 heterocycles. The lowest BCUT2D eigenvalue weighted by Crippen LogP contribution is -2.44. The summed E-state index contributed by atoms with van der Waals surface area (Å²) in [4.78, 5) is 43.1. The molecule has 196 valence electrons. The highest BCUT2D eigenvalue weighted by Gasteiger charge is 2.36. The second-order valence-corrected chi connectivity index (χ2v) is 10.2. The summed E-state index contributed by atoms with van der Waals surface area (Å²) < 4.78 is 4.00. The number of hydrogen-bond donors (Lipinski definition) is 3. The summed E-state index contributed by atoms with van der Waals surface area (Å²) in [5.41, 5.74) is 14.2. The van der Waals surface area contributed by atoms with Gasteiger partial charge < -0.3 is 21.7 Å².